The van der Waals surface area contributed by atoms with Crippen LogP contribution in [0.25, 0.3) is 23.1 Å². The molecule has 2 aliphatic rings. The van der Waals surface area contributed by atoms with Gasteiger partial charge in [0.15, 0.2) is 0 Å². The first-order valence-electron chi connectivity index (χ1n) is 8.99. The number of benzene rings is 1. The molecular weight excluding hydrogens is 295 g/mol. The van der Waals surface area contributed by atoms with E-state index in [9.17, 15) is 0 Å². The van der Waals surface area contributed by atoms with Crippen LogP contribution in [-0.4, -0.2) is 28.4 Å². The van der Waals surface area contributed by atoms with Crippen molar-refractivity contribution < 1.29 is 4.42 Å². The van der Waals surface area contributed by atoms with Gasteiger partial charge in [-0.25, -0.2) is 5.01 Å². The minimum atomic E-state index is 0.130. The Morgan fingerprint density at radius 3 is 2.54 bits per heavy atom. The van der Waals surface area contributed by atoms with Gasteiger partial charge in [-0.15, -0.1) is 0 Å². The molecule has 0 amide bonds. The lowest BCUT2D eigenvalue weighted by Gasteiger charge is -2.45. The summed E-state index contributed by atoms with van der Waals surface area (Å²) >= 11 is 0. The average Bonchev–Trinajstić information content (AvgIpc) is 2.91. The van der Waals surface area contributed by atoms with E-state index in [1.807, 2.05) is 6.07 Å². The molecule has 3 nitrogen and oxygen atoms in total. The van der Waals surface area contributed by atoms with Crippen LogP contribution >= 0.6 is 0 Å². The lowest BCUT2D eigenvalue weighted by Crippen LogP contribution is -2.58. The molecule has 0 spiro atoms. The molecule has 1 aromatic heterocycles. The van der Waals surface area contributed by atoms with Crippen molar-refractivity contribution >= 4 is 30.0 Å². The molecule has 3 heterocycles. The summed E-state index contributed by atoms with van der Waals surface area (Å²) in [4.78, 5) is 2.39. The number of hydrogen-bond acceptors (Lipinski definition) is 3. The lowest BCUT2D eigenvalue weighted by atomic mass is 9.62. The Morgan fingerprint density at radius 2 is 1.88 bits per heavy atom. The molecule has 0 saturated carbocycles. The minimum absolute atomic E-state index is 0.130. The number of furan rings is 1. The van der Waals surface area contributed by atoms with Gasteiger partial charge in [-0.1, -0.05) is 44.8 Å². The van der Waals surface area contributed by atoms with Gasteiger partial charge in [-0.2, -0.15) is 0 Å². The first-order valence-corrected chi connectivity index (χ1v) is 8.99. The van der Waals surface area contributed by atoms with E-state index in [-0.39, 0.29) is 5.54 Å². The van der Waals surface area contributed by atoms with E-state index in [2.05, 4.69) is 81.7 Å². The molecule has 0 radical (unpaired) electrons. The predicted molar refractivity (Wildman–Crippen MR) is 102 cm³/mol. The quantitative estimate of drug-likeness (QED) is 0.752. The van der Waals surface area contributed by atoms with Crippen LogP contribution in [0.2, 0.25) is 6.82 Å². The van der Waals surface area contributed by atoms with Gasteiger partial charge in [0.1, 0.15) is 11.0 Å². The third kappa shape index (κ3) is 2.16. The van der Waals surface area contributed by atoms with Gasteiger partial charge in [0, 0.05) is 28.4 Å². The van der Waals surface area contributed by atoms with E-state index in [0.29, 0.717) is 18.3 Å². The zero-order valence-corrected chi connectivity index (χ0v) is 15.6. The Bertz CT molecular complexity index is 911. The summed E-state index contributed by atoms with van der Waals surface area (Å²) in [5, 5.41) is 5.01. The highest BCUT2D eigenvalue weighted by Crippen LogP contribution is 2.47. The summed E-state index contributed by atoms with van der Waals surface area (Å²) in [5.41, 5.74) is 2.37. The second-order valence-corrected chi connectivity index (χ2v) is 8.79. The summed E-state index contributed by atoms with van der Waals surface area (Å²) in [7, 11) is 0. The van der Waals surface area contributed by atoms with Gasteiger partial charge >= 0.3 is 0 Å². The van der Waals surface area contributed by atoms with Gasteiger partial charge in [0.05, 0.1) is 0 Å². The molecule has 0 N–H and O–H groups in total. The molecule has 4 rings (SSSR count). The van der Waals surface area contributed by atoms with Gasteiger partial charge in [0.25, 0.3) is 6.85 Å². The monoisotopic (exact) mass is 322 g/mol. The fraction of sp³-hybridized carbons (Fsp3) is 0.500. The molecule has 1 atom stereocenters. The minimum Gasteiger partial charge on any atom is -0.455 e. The highest BCUT2D eigenvalue weighted by molar-refractivity contribution is 6.70. The predicted octanol–water partition coefficient (Wildman–Crippen LogP) is 3.24. The van der Waals surface area contributed by atoms with E-state index < -0.39 is 0 Å². The number of para-hydroxylation sites is 1. The SMILES string of the molecule is CB1C=c2c(oc3ccccc23)=CN1N1C(C)C(C)(C)CC1(C)C. The Labute approximate surface area is 144 Å². The third-order valence-electron chi connectivity index (χ3n) is 5.99. The zero-order chi connectivity index (χ0) is 17.3. The maximum atomic E-state index is 6.13. The Morgan fingerprint density at radius 1 is 1.17 bits per heavy atom. The summed E-state index contributed by atoms with van der Waals surface area (Å²) < 4.78 is 6.13. The second-order valence-electron chi connectivity index (χ2n) is 8.79. The molecule has 1 aromatic carbocycles. The largest absolute Gasteiger partial charge is 0.455 e. The smallest absolute Gasteiger partial charge is 0.296 e. The van der Waals surface area contributed by atoms with Crippen molar-refractivity contribution in [3.8, 4) is 0 Å². The van der Waals surface area contributed by atoms with Crippen LogP contribution in [-0.2, 0) is 0 Å². The maximum absolute atomic E-state index is 6.13. The number of hydrogen-bond donors (Lipinski definition) is 0. The van der Waals surface area contributed by atoms with Crippen LogP contribution in [0.3, 0.4) is 0 Å². The molecule has 1 fully saturated rings. The maximum Gasteiger partial charge on any atom is 0.296 e. The number of hydrazine groups is 1. The van der Waals surface area contributed by atoms with Crippen molar-refractivity contribution in [1.29, 1.82) is 0 Å². The lowest BCUT2D eigenvalue weighted by molar-refractivity contribution is 0.00194. The van der Waals surface area contributed by atoms with Crippen molar-refractivity contribution in [2.45, 2.75) is 59.4 Å². The third-order valence-corrected chi connectivity index (χ3v) is 5.99. The molecule has 1 saturated heterocycles. The standard InChI is InChI=1S/C20H27BN2O/c1-14-19(2,3)13-20(4,5)23(14)22-12-18-16(11-21(22)6)15-9-7-8-10-17(15)24-18/h7-12,14H,13H2,1-6H3. The Hall–Kier alpha value is -1.68. The number of fused-ring (bicyclic) bond motifs is 3. The number of rotatable bonds is 1. The Kier molecular flexibility index (Phi) is 3.24. The van der Waals surface area contributed by atoms with Gasteiger partial charge in [-0.3, -0.25) is 0 Å². The highest BCUT2D eigenvalue weighted by Gasteiger charge is 2.51. The topological polar surface area (TPSA) is 19.6 Å². The van der Waals surface area contributed by atoms with Crippen molar-refractivity contribution in [3.63, 3.8) is 0 Å². The molecule has 24 heavy (non-hydrogen) atoms. The first-order chi connectivity index (χ1) is 11.2. The number of nitrogens with zero attached hydrogens (tertiary/aromatic N) is 2. The van der Waals surface area contributed by atoms with Crippen molar-refractivity contribution in [3.05, 3.63) is 34.9 Å². The summed E-state index contributed by atoms with van der Waals surface area (Å²) in [6.07, 6.45) is 3.39. The fourth-order valence-corrected chi connectivity index (χ4v) is 4.88. The van der Waals surface area contributed by atoms with Crippen LogP contribution in [0.5, 0.6) is 0 Å². The molecular formula is C20H27BN2O. The summed E-state index contributed by atoms with van der Waals surface area (Å²) in [6.45, 7) is 14.4. The molecule has 0 bridgehead atoms. The van der Waals surface area contributed by atoms with E-state index in [1.165, 1.54) is 17.0 Å². The second kappa shape index (κ2) is 4.92. The molecule has 2 aliphatic heterocycles. The van der Waals surface area contributed by atoms with Gasteiger partial charge < -0.3 is 9.34 Å². The average molecular weight is 322 g/mol. The normalized spacial score (nSPS) is 25.5. The van der Waals surface area contributed by atoms with Crippen LogP contribution in [0.15, 0.2) is 28.7 Å². The van der Waals surface area contributed by atoms with E-state index in [4.69, 9.17) is 4.42 Å². The molecule has 4 heteroatoms. The van der Waals surface area contributed by atoms with Crippen LogP contribution in [0.1, 0.15) is 41.0 Å². The highest BCUT2D eigenvalue weighted by atomic mass is 16.3. The summed E-state index contributed by atoms with van der Waals surface area (Å²) in [5.74, 6) is 2.34. The zero-order valence-electron chi connectivity index (χ0n) is 15.6. The Balaban J connectivity index is 1.86. The van der Waals surface area contributed by atoms with Gasteiger partial charge in [-0.05, 0) is 38.7 Å². The summed E-state index contributed by atoms with van der Waals surface area (Å²) in [6, 6.07) is 8.79. The van der Waals surface area contributed by atoms with E-state index >= 15 is 0 Å². The first kappa shape index (κ1) is 15.8. The molecule has 0 aliphatic carbocycles. The molecule has 2 aromatic rings. The van der Waals surface area contributed by atoms with Crippen LogP contribution in [0.4, 0.5) is 0 Å². The van der Waals surface area contributed by atoms with Gasteiger partial charge in [0.2, 0.25) is 0 Å². The van der Waals surface area contributed by atoms with Crippen LogP contribution in [0, 0.1) is 5.41 Å². The van der Waals surface area contributed by atoms with Crippen molar-refractivity contribution in [2.75, 3.05) is 0 Å². The molecule has 1 unspecified atom stereocenters. The van der Waals surface area contributed by atoms with Crippen LogP contribution < -0.4 is 10.6 Å². The van der Waals surface area contributed by atoms with E-state index in [0.717, 1.165) is 11.0 Å². The van der Waals surface area contributed by atoms with Crippen molar-refractivity contribution in [1.82, 2.24) is 9.93 Å². The van der Waals surface area contributed by atoms with E-state index in [1.54, 1.807) is 0 Å². The molecule has 126 valence electrons. The van der Waals surface area contributed by atoms with Crippen molar-refractivity contribution in [2.24, 2.45) is 5.41 Å². The fourth-order valence-electron chi connectivity index (χ4n) is 4.88.